The Hall–Kier alpha value is -2.78. The van der Waals surface area contributed by atoms with Gasteiger partial charge >= 0.3 is 5.97 Å². The third kappa shape index (κ3) is 6.86. The quantitative estimate of drug-likeness (QED) is 0.329. The Morgan fingerprint density at radius 1 is 1.19 bits per heavy atom. The molecule has 0 fully saturated rings. The normalized spacial score (nSPS) is 12.2. The summed E-state index contributed by atoms with van der Waals surface area (Å²) in [5.74, 6) is -0.981. The molecule has 0 bridgehead atoms. The van der Waals surface area contributed by atoms with E-state index in [9.17, 15) is 13.6 Å². The average Bonchev–Trinajstić information content (AvgIpc) is 3.14. The minimum atomic E-state index is -0.641. The number of rotatable bonds is 10. The summed E-state index contributed by atoms with van der Waals surface area (Å²) in [5, 5.41) is 0.625. The average molecular weight is 462 g/mol. The molecule has 170 valence electrons. The Balaban J connectivity index is 1.86. The molecular formula is C23H25F2N3O3S. The molecule has 0 aliphatic heterocycles. The van der Waals surface area contributed by atoms with Crippen LogP contribution in [0.15, 0.2) is 52.6 Å². The van der Waals surface area contributed by atoms with Crippen molar-refractivity contribution in [2.45, 2.75) is 49.1 Å². The number of halogens is 2. The zero-order valence-corrected chi connectivity index (χ0v) is 18.9. The maximum absolute atomic E-state index is 13.7. The number of H-pyrrole nitrogens is 1. The van der Waals surface area contributed by atoms with Crippen LogP contribution in [0.3, 0.4) is 0 Å². The fourth-order valence-corrected chi connectivity index (χ4v) is 4.16. The van der Waals surface area contributed by atoms with Crippen molar-refractivity contribution >= 4 is 17.7 Å². The third-order valence-electron chi connectivity index (χ3n) is 4.50. The van der Waals surface area contributed by atoms with Crippen LogP contribution in [0.25, 0.3) is 0 Å². The van der Waals surface area contributed by atoms with Crippen LogP contribution in [0.2, 0.25) is 0 Å². The van der Waals surface area contributed by atoms with Crippen molar-refractivity contribution in [2.75, 3.05) is 13.2 Å². The largest absolute Gasteiger partial charge is 0.463 e. The van der Waals surface area contributed by atoms with E-state index in [-0.39, 0.29) is 25.1 Å². The highest BCUT2D eigenvalue weighted by molar-refractivity contribution is 7.99. The molecule has 1 aromatic carbocycles. The number of carbonyl (C=O) groups excluding carboxylic acids is 1. The Labute approximate surface area is 189 Å². The summed E-state index contributed by atoms with van der Waals surface area (Å²) in [7, 11) is 0. The van der Waals surface area contributed by atoms with Crippen LogP contribution in [0.5, 0.6) is 0 Å². The van der Waals surface area contributed by atoms with E-state index in [1.165, 1.54) is 30.8 Å². The number of esters is 1. The molecule has 6 nitrogen and oxygen atoms in total. The number of pyridine rings is 1. The van der Waals surface area contributed by atoms with Gasteiger partial charge in [-0.1, -0.05) is 31.7 Å². The van der Waals surface area contributed by atoms with Crippen molar-refractivity contribution in [1.29, 1.82) is 0 Å². The van der Waals surface area contributed by atoms with E-state index in [1.807, 2.05) is 26.0 Å². The standard InChI is InChI=1S/C23H25F2N3O3S/c1-14(2)21-23(32-19-11-17(24)10-18(25)12-19)28-22(27-21)20(31-8-7-30-15(3)29)9-16-5-4-6-26-13-16/h4-6,10-14,20H,7-9H2,1-3H3,(H,27,28). The summed E-state index contributed by atoms with van der Waals surface area (Å²) in [4.78, 5) is 23.6. The molecule has 1 atom stereocenters. The summed E-state index contributed by atoms with van der Waals surface area (Å²) >= 11 is 1.19. The number of hydrogen-bond donors (Lipinski definition) is 1. The van der Waals surface area contributed by atoms with Gasteiger partial charge in [0.2, 0.25) is 0 Å². The summed E-state index contributed by atoms with van der Waals surface area (Å²) in [5.41, 5.74) is 1.79. The zero-order chi connectivity index (χ0) is 23.1. The van der Waals surface area contributed by atoms with E-state index in [1.54, 1.807) is 12.4 Å². The van der Waals surface area contributed by atoms with Crippen LogP contribution in [-0.2, 0) is 20.7 Å². The smallest absolute Gasteiger partial charge is 0.302 e. The van der Waals surface area contributed by atoms with Crippen LogP contribution in [0.4, 0.5) is 8.78 Å². The van der Waals surface area contributed by atoms with E-state index in [4.69, 9.17) is 14.5 Å². The summed E-state index contributed by atoms with van der Waals surface area (Å²) < 4.78 is 38.3. The van der Waals surface area contributed by atoms with Crippen molar-refractivity contribution in [3.63, 3.8) is 0 Å². The number of hydrogen-bond acceptors (Lipinski definition) is 6. The molecule has 3 aromatic rings. The first-order valence-electron chi connectivity index (χ1n) is 10.2. The molecule has 0 saturated carbocycles. The Bertz CT molecular complexity index is 1020. The maximum Gasteiger partial charge on any atom is 0.302 e. The fourth-order valence-electron chi connectivity index (χ4n) is 3.05. The van der Waals surface area contributed by atoms with E-state index in [2.05, 4.69) is 9.97 Å². The Morgan fingerprint density at radius 3 is 2.56 bits per heavy atom. The molecule has 9 heteroatoms. The molecule has 0 spiro atoms. The maximum atomic E-state index is 13.7. The second-order valence-electron chi connectivity index (χ2n) is 7.47. The molecule has 0 amide bonds. The second-order valence-corrected chi connectivity index (χ2v) is 8.53. The predicted octanol–water partition coefficient (Wildman–Crippen LogP) is 5.22. The molecule has 32 heavy (non-hydrogen) atoms. The lowest BCUT2D eigenvalue weighted by atomic mass is 10.1. The van der Waals surface area contributed by atoms with Gasteiger partial charge in [-0.05, 0) is 29.7 Å². The monoisotopic (exact) mass is 461 g/mol. The first kappa shape index (κ1) is 23.9. The Morgan fingerprint density at radius 2 is 1.94 bits per heavy atom. The Kier molecular flexibility index (Phi) is 8.35. The minimum absolute atomic E-state index is 0.0947. The molecular weight excluding hydrogens is 436 g/mol. The molecule has 3 rings (SSSR count). The van der Waals surface area contributed by atoms with Gasteiger partial charge in [0.25, 0.3) is 0 Å². The van der Waals surface area contributed by atoms with Crippen LogP contribution in [0, 0.1) is 11.6 Å². The molecule has 2 aromatic heterocycles. The third-order valence-corrected chi connectivity index (χ3v) is 5.48. The number of nitrogens with zero attached hydrogens (tertiary/aromatic N) is 2. The van der Waals surface area contributed by atoms with Gasteiger partial charge in [0.05, 0.1) is 12.3 Å². The lowest BCUT2D eigenvalue weighted by Gasteiger charge is -2.16. The number of nitrogens with one attached hydrogen (secondary N) is 1. The van der Waals surface area contributed by atoms with Gasteiger partial charge in [-0.25, -0.2) is 13.8 Å². The van der Waals surface area contributed by atoms with E-state index >= 15 is 0 Å². The van der Waals surface area contributed by atoms with Crippen molar-refractivity contribution in [3.05, 3.63) is 71.4 Å². The number of benzene rings is 1. The van der Waals surface area contributed by atoms with E-state index < -0.39 is 17.7 Å². The van der Waals surface area contributed by atoms with Gasteiger partial charge in [-0.2, -0.15) is 0 Å². The number of ether oxygens (including phenoxy) is 2. The predicted molar refractivity (Wildman–Crippen MR) is 116 cm³/mol. The minimum Gasteiger partial charge on any atom is -0.463 e. The number of carbonyl (C=O) groups is 1. The molecule has 0 aliphatic carbocycles. The zero-order valence-electron chi connectivity index (χ0n) is 18.1. The molecule has 0 aliphatic rings. The number of aromatic amines is 1. The highest BCUT2D eigenvalue weighted by Crippen LogP contribution is 2.35. The van der Waals surface area contributed by atoms with Crippen LogP contribution < -0.4 is 0 Å². The van der Waals surface area contributed by atoms with Gasteiger partial charge in [-0.15, -0.1) is 0 Å². The number of imidazole rings is 1. The molecule has 1 N–H and O–H groups in total. The first-order valence-corrected chi connectivity index (χ1v) is 11.0. The van der Waals surface area contributed by atoms with E-state index in [0.29, 0.717) is 22.2 Å². The molecule has 1 unspecified atom stereocenters. The van der Waals surface area contributed by atoms with Crippen molar-refractivity contribution in [3.8, 4) is 0 Å². The fraction of sp³-hybridized carbons (Fsp3) is 0.348. The topological polar surface area (TPSA) is 77.1 Å². The number of aromatic nitrogens is 3. The van der Waals surface area contributed by atoms with Crippen LogP contribution in [-0.4, -0.2) is 34.1 Å². The van der Waals surface area contributed by atoms with Crippen LogP contribution in [0.1, 0.15) is 49.9 Å². The van der Waals surface area contributed by atoms with Gasteiger partial charge in [0.15, 0.2) is 0 Å². The van der Waals surface area contributed by atoms with Gasteiger partial charge in [0, 0.05) is 36.7 Å². The molecule has 2 heterocycles. The first-order chi connectivity index (χ1) is 15.3. The molecule has 0 saturated heterocycles. The van der Waals surface area contributed by atoms with Gasteiger partial charge in [-0.3, -0.25) is 9.78 Å². The van der Waals surface area contributed by atoms with Crippen molar-refractivity contribution in [2.24, 2.45) is 0 Å². The highest BCUT2D eigenvalue weighted by Gasteiger charge is 2.22. The lowest BCUT2D eigenvalue weighted by Crippen LogP contribution is -2.15. The summed E-state index contributed by atoms with van der Waals surface area (Å²) in [6, 6.07) is 7.16. The lowest BCUT2D eigenvalue weighted by molar-refractivity contribution is -0.143. The van der Waals surface area contributed by atoms with Crippen molar-refractivity contribution < 1.29 is 23.0 Å². The van der Waals surface area contributed by atoms with Crippen LogP contribution >= 0.6 is 11.8 Å². The SMILES string of the molecule is CC(=O)OCCOC(Cc1cccnc1)c1nc(Sc2cc(F)cc(F)c2)c(C(C)C)[nH]1. The summed E-state index contributed by atoms with van der Waals surface area (Å²) in [6.07, 6.45) is 3.49. The van der Waals surface area contributed by atoms with E-state index in [0.717, 1.165) is 17.3 Å². The van der Waals surface area contributed by atoms with Gasteiger partial charge < -0.3 is 14.5 Å². The second kappa shape index (κ2) is 11.2. The van der Waals surface area contributed by atoms with Crippen molar-refractivity contribution in [1.82, 2.24) is 15.0 Å². The highest BCUT2D eigenvalue weighted by atomic mass is 32.2. The van der Waals surface area contributed by atoms with Gasteiger partial charge in [0.1, 0.15) is 35.2 Å². The summed E-state index contributed by atoms with van der Waals surface area (Å²) in [6.45, 7) is 5.67. The molecule has 0 radical (unpaired) electrons.